The van der Waals surface area contributed by atoms with Crippen molar-refractivity contribution in [3.05, 3.63) is 34.4 Å². The number of ketones is 1. The van der Waals surface area contributed by atoms with E-state index in [9.17, 15) is 9.90 Å². The second kappa shape index (κ2) is 5.92. The zero-order chi connectivity index (χ0) is 15.8. The van der Waals surface area contributed by atoms with Crippen LogP contribution in [0.3, 0.4) is 0 Å². The van der Waals surface area contributed by atoms with Gasteiger partial charge in [-0.2, -0.15) is 0 Å². The van der Waals surface area contributed by atoms with Crippen molar-refractivity contribution in [3.63, 3.8) is 0 Å². The van der Waals surface area contributed by atoms with Gasteiger partial charge in [-0.15, -0.1) is 0 Å². The van der Waals surface area contributed by atoms with Gasteiger partial charge in [-0.1, -0.05) is 30.6 Å². The summed E-state index contributed by atoms with van der Waals surface area (Å²) in [5.41, 5.74) is 4.00. The third-order valence-electron chi connectivity index (χ3n) is 5.32. The Kier molecular flexibility index (Phi) is 4.57. The van der Waals surface area contributed by atoms with Gasteiger partial charge in [0.1, 0.15) is 0 Å². The molecule has 0 aliphatic heterocycles. The van der Waals surface area contributed by atoms with Gasteiger partial charge in [0.25, 0.3) is 0 Å². The number of rotatable bonds is 4. The first-order valence-electron chi connectivity index (χ1n) is 8.02. The summed E-state index contributed by atoms with van der Waals surface area (Å²) in [6, 6.07) is 0. The Morgan fingerprint density at radius 2 is 2.10 bits per heavy atom. The second-order valence-corrected chi connectivity index (χ2v) is 7.21. The highest BCUT2D eigenvalue weighted by Gasteiger charge is 2.51. The molecule has 3 atom stereocenters. The van der Waals surface area contributed by atoms with Crippen molar-refractivity contribution < 1.29 is 9.90 Å². The lowest BCUT2D eigenvalue weighted by Gasteiger charge is -2.22. The smallest absolute Gasteiger partial charge is 0.169 e. The highest BCUT2D eigenvalue weighted by Crippen LogP contribution is 2.54. The summed E-state index contributed by atoms with van der Waals surface area (Å²) < 4.78 is 0. The molecule has 1 fully saturated rings. The number of hydrogen-bond donors (Lipinski definition) is 1. The van der Waals surface area contributed by atoms with Crippen LogP contribution in [-0.2, 0) is 4.79 Å². The van der Waals surface area contributed by atoms with Crippen molar-refractivity contribution >= 4 is 5.78 Å². The van der Waals surface area contributed by atoms with Crippen LogP contribution in [-0.4, -0.2) is 17.0 Å². The molecule has 0 saturated heterocycles. The SMILES string of the molecule is CC(C)=CC[C@@H](O)/C(C)=C/C1=C(C)[C@@H]2CCC[C@]2(C)C1=O. The molecule has 1 N–H and O–H groups in total. The molecule has 0 radical (unpaired) electrons. The number of aliphatic hydroxyl groups is 1. The Morgan fingerprint density at radius 1 is 1.43 bits per heavy atom. The predicted octanol–water partition coefficient (Wildman–Crippen LogP) is 4.36. The molecule has 2 nitrogen and oxygen atoms in total. The van der Waals surface area contributed by atoms with E-state index in [-0.39, 0.29) is 11.2 Å². The van der Waals surface area contributed by atoms with Crippen molar-refractivity contribution in [3.8, 4) is 0 Å². The number of Topliss-reactive ketones (excluding diaryl/α,β-unsaturated/α-hetero) is 1. The number of fused-ring (bicyclic) bond motifs is 1. The number of carbonyl (C=O) groups is 1. The molecule has 2 heteroatoms. The van der Waals surface area contributed by atoms with Crippen molar-refractivity contribution in [2.75, 3.05) is 0 Å². The molecule has 1 saturated carbocycles. The molecular formula is C19H28O2. The first-order valence-corrected chi connectivity index (χ1v) is 8.02. The second-order valence-electron chi connectivity index (χ2n) is 7.21. The first kappa shape index (κ1) is 16.2. The van der Waals surface area contributed by atoms with Crippen molar-refractivity contribution in [2.45, 2.75) is 66.4 Å². The van der Waals surface area contributed by atoms with Gasteiger partial charge in [-0.3, -0.25) is 4.79 Å². The summed E-state index contributed by atoms with van der Waals surface area (Å²) in [6.07, 6.45) is 7.38. The van der Waals surface area contributed by atoms with Crippen LogP contribution in [0.25, 0.3) is 0 Å². The molecule has 116 valence electrons. The van der Waals surface area contributed by atoms with E-state index in [1.165, 1.54) is 11.1 Å². The van der Waals surface area contributed by atoms with Crippen LogP contribution in [0, 0.1) is 11.3 Å². The fourth-order valence-electron chi connectivity index (χ4n) is 3.84. The van der Waals surface area contributed by atoms with E-state index in [1.54, 1.807) is 0 Å². The molecule has 0 amide bonds. The molecule has 0 bridgehead atoms. The molecule has 0 heterocycles. The maximum absolute atomic E-state index is 12.7. The lowest BCUT2D eigenvalue weighted by Crippen LogP contribution is -2.26. The maximum Gasteiger partial charge on any atom is 0.169 e. The van der Waals surface area contributed by atoms with E-state index in [1.807, 2.05) is 32.9 Å². The topological polar surface area (TPSA) is 37.3 Å². The Bertz CT molecular complexity index is 532. The Hall–Kier alpha value is -1.15. The highest BCUT2D eigenvalue weighted by molar-refractivity contribution is 6.06. The van der Waals surface area contributed by atoms with Gasteiger partial charge in [0.2, 0.25) is 0 Å². The molecular weight excluding hydrogens is 260 g/mol. The average molecular weight is 288 g/mol. The summed E-state index contributed by atoms with van der Waals surface area (Å²) in [6.45, 7) is 10.2. The first-order chi connectivity index (χ1) is 9.77. The molecule has 2 aliphatic rings. The molecule has 0 unspecified atom stereocenters. The van der Waals surface area contributed by atoms with E-state index >= 15 is 0 Å². The highest BCUT2D eigenvalue weighted by atomic mass is 16.3. The van der Waals surface area contributed by atoms with Gasteiger partial charge in [0.05, 0.1) is 6.10 Å². The quantitative estimate of drug-likeness (QED) is 0.781. The molecule has 0 spiro atoms. The normalized spacial score (nSPS) is 30.7. The number of aliphatic hydroxyl groups excluding tert-OH is 1. The minimum Gasteiger partial charge on any atom is -0.388 e. The minimum atomic E-state index is -0.499. The average Bonchev–Trinajstić information content (AvgIpc) is 2.89. The van der Waals surface area contributed by atoms with Gasteiger partial charge < -0.3 is 5.11 Å². The van der Waals surface area contributed by atoms with Crippen LogP contribution in [0.2, 0.25) is 0 Å². The van der Waals surface area contributed by atoms with Crippen LogP contribution >= 0.6 is 0 Å². The van der Waals surface area contributed by atoms with Crippen LogP contribution in [0.5, 0.6) is 0 Å². The van der Waals surface area contributed by atoms with Crippen LogP contribution in [0.4, 0.5) is 0 Å². The van der Waals surface area contributed by atoms with Gasteiger partial charge >= 0.3 is 0 Å². The predicted molar refractivity (Wildman–Crippen MR) is 87.0 cm³/mol. The Balaban J connectivity index is 2.22. The fourth-order valence-corrected chi connectivity index (χ4v) is 3.84. The van der Waals surface area contributed by atoms with Gasteiger partial charge in [0, 0.05) is 11.0 Å². The van der Waals surface area contributed by atoms with Gasteiger partial charge in [-0.05, 0) is 64.5 Å². The van der Waals surface area contributed by atoms with E-state index in [0.29, 0.717) is 12.3 Å². The molecule has 0 aromatic rings. The van der Waals surface area contributed by atoms with E-state index < -0.39 is 6.10 Å². The lowest BCUT2D eigenvalue weighted by atomic mass is 9.79. The molecule has 21 heavy (non-hydrogen) atoms. The number of carbonyl (C=O) groups excluding carboxylic acids is 1. The van der Waals surface area contributed by atoms with Crippen LogP contribution < -0.4 is 0 Å². The summed E-state index contributed by atoms with van der Waals surface area (Å²) >= 11 is 0. The van der Waals surface area contributed by atoms with Crippen molar-refractivity contribution in [1.29, 1.82) is 0 Å². The third-order valence-corrected chi connectivity index (χ3v) is 5.32. The van der Waals surface area contributed by atoms with E-state index in [0.717, 1.165) is 30.4 Å². The number of hydrogen-bond acceptors (Lipinski definition) is 2. The molecule has 0 aromatic carbocycles. The zero-order valence-corrected chi connectivity index (χ0v) is 14.0. The molecule has 2 aliphatic carbocycles. The van der Waals surface area contributed by atoms with Crippen molar-refractivity contribution in [2.24, 2.45) is 11.3 Å². The van der Waals surface area contributed by atoms with Gasteiger partial charge in [0.15, 0.2) is 5.78 Å². The van der Waals surface area contributed by atoms with E-state index in [4.69, 9.17) is 0 Å². The minimum absolute atomic E-state index is 0.180. The largest absolute Gasteiger partial charge is 0.388 e. The monoisotopic (exact) mass is 288 g/mol. The fraction of sp³-hybridized carbons (Fsp3) is 0.632. The third kappa shape index (κ3) is 2.91. The zero-order valence-electron chi connectivity index (χ0n) is 14.0. The summed E-state index contributed by atoms with van der Waals surface area (Å²) in [4.78, 5) is 12.7. The van der Waals surface area contributed by atoms with Gasteiger partial charge in [-0.25, -0.2) is 0 Å². The molecule has 0 aromatic heterocycles. The van der Waals surface area contributed by atoms with Crippen LogP contribution in [0.1, 0.15) is 60.3 Å². The lowest BCUT2D eigenvalue weighted by molar-refractivity contribution is -0.123. The summed E-state index contributed by atoms with van der Waals surface area (Å²) in [5.74, 6) is 0.704. The Morgan fingerprint density at radius 3 is 2.67 bits per heavy atom. The van der Waals surface area contributed by atoms with E-state index in [2.05, 4.69) is 13.8 Å². The summed E-state index contributed by atoms with van der Waals surface area (Å²) in [5, 5.41) is 10.2. The Labute approximate surface area is 128 Å². The molecule has 2 rings (SSSR count). The summed E-state index contributed by atoms with van der Waals surface area (Å²) in [7, 11) is 0. The standard InChI is InChI=1S/C19H28O2/c1-12(2)8-9-17(20)13(3)11-15-14(4)16-7-6-10-19(16,5)18(15)21/h8,11,16-17,20H,6-7,9-10H2,1-5H3/b13-11+/t16-,17+,19-/m0/s1. The van der Waals surface area contributed by atoms with Crippen molar-refractivity contribution in [1.82, 2.24) is 0 Å². The maximum atomic E-state index is 12.7. The number of allylic oxidation sites excluding steroid dienone is 4. The van der Waals surface area contributed by atoms with Crippen LogP contribution in [0.15, 0.2) is 34.4 Å².